The second kappa shape index (κ2) is 6.42. The molecule has 0 aliphatic carbocycles. The van der Waals surface area contributed by atoms with Gasteiger partial charge in [-0.05, 0) is 12.1 Å². The van der Waals surface area contributed by atoms with Crippen LogP contribution in [0.4, 0.5) is 15.8 Å². The maximum atomic E-state index is 14.1. The standard InChI is InChI=1S/C13H14FN3O4/c1-21-7-8(18)6-16-13-10(14)5-11(17(19)20)9-3-2-4-15-12(9)13/h2-5,8,16,18H,6-7H2,1H3. The fraction of sp³-hybridized carbons (Fsp3) is 0.308. The minimum atomic E-state index is -0.830. The summed E-state index contributed by atoms with van der Waals surface area (Å²) in [6.07, 6.45) is 0.589. The number of pyridine rings is 1. The van der Waals surface area contributed by atoms with Crippen LogP contribution in [0.1, 0.15) is 0 Å². The van der Waals surface area contributed by atoms with Gasteiger partial charge >= 0.3 is 0 Å². The highest BCUT2D eigenvalue weighted by Crippen LogP contribution is 2.32. The number of aliphatic hydroxyl groups excluding tert-OH is 1. The van der Waals surface area contributed by atoms with E-state index in [0.717, 1.165) is 6.07 Å². The zero-order chi connectivity index (χ0) is 15.4. The highest BCUT2D eigenvalue weighted by molar-refractivity contribution is 5.97. The number of hydrogen-bond acceptors (Lipinski definition) is 6. The molecule has 2 N–H and O–H groups in total. The molecule has 0 aliphatic heterocycles. The van der Waals surface area contributed by atoms with Crippen molar-refractivity contribution >= 4 is 22.3 Å². The lowest BCUT2D eigenvalue weighted by Gasteiger charge is -2.14. The number of benzene rings is 1. The number of anilines is 1. The minimum Gasteiger partial charge on any atom is -0.389 e. The van der Waals surface area contributed by atoms with Gasteiger partial charge in [-0.2, -0.15) is 0 Å². The van der Waals surface area contributed by atoms with Crippen molar-refractivity contribution in [2.75, 3.05) is 25.6 Å². The molecule has 0 amide bonds. The molecule has 1 heterocycles. The monoisotopic (exact) mass is 295 g/mol. The van der Waals surface area contributed by atoms with Crippen LogP contribution in [0.25, 0.3) is 10.9 Å². The molecule has 2 rings (SSSR count). The Morgan fingerprint density at radius 1 is 1.62 bits per heavy atom. The van der Waals surface area contributed by atoms with Crippen LogP contribution in [0.2, 0.25) is 0 Å². The molecule has 0 aliphatic rings. The molecule has 1 aromatic heterocycles. The van der Waals surface area contributed by atoms with Crippen molar-refractivity contribution in [1.82, 2.24) is 4.98 Å². The number of nitrogens with zero attached hydrogens (tertiary/aromatic N) is 2. The number of aliphatic hydroxyl groups is 1. The third-order valence-electron chi connectivity index (χ3n) is 2.89. The molecule has 2 aromatic rings. The first-order valence-electron chi connectivity index (χ1n) is 6.17. The summed E-state index contributed by atoms with van der Waals surface area (Å²) in [5, 5.41) is 23.5. The SMILES string of the molecule is COCC(O)CNc1c(F)cc([N+](=O)[O-])c2cccnc12. The summed E-state index contributed by atoms with van der Waals surface area (Å²) in [5.41, 5.74) is -0.182. The average molecular weight is 295 g/mol. The van der Waals surface area contributed by atoms with E-state index in [-0.39, 0.29) is 35.4 Å². The molecule has 8 heteroatoms. The number of hydrogen-bond donors (Lipinski definition) is 2. The number of nitrogens with one attached hydrogen (secondary N) is 1. The van der Waals surface area contributed by atoms with Crippen LogP contribution in [0.5, 0.6) is 0 Å². The smallest absolute Gasteiger partial charge is 0.281 e. The van der Waals surface area contributed by atoms with Crippen LogP contribution in [0.3, 0.4) is 0 Å². The Bertz CT molecular complexity index is 665. The second-order valence-corrected chi connectivity index (χ2v) is 4.40. The molecule has 0 saturated heterocycles. The van der Waals surface area contributed by atoms with E-state index in [1.54, 1.807) is 0 Å². The summed E-state index contributed by atoms with van der Waals surface area (Å²) in [4.78, 5) is 14.3. The number of non-ortho nitro benzene ring substituents is 1. The van der Waals surface area contributed by atoms with Gasteiger partial charge in [-0.25, -0.2) is 4.39 Å². The van der Waals surface area contributed by atoms with Crippen LogP contribution in [-0.4, -0.2) is 41.4 Å². The van der Waals surface area contributed by atoms with Crippen molar-refractivity contribution in [3.63, 3.8) is 0 Å². The number of nitro benzene ring substituents is 1. The van der Waals surface area contributed by atoms with E-state index < -0.39 is 16.8 Å². The Morgan fingerprint density at radius 3 is 3.05 bits per heavy atom. The van der Waals surface area contributed by atoms with E-state index in [4.69, 9.17) is 4.74 Å². The average Bonchev–Trinajstić information content (AvgIpc) is 2.45. The highest BCUT2D eigenvalue weighted by atomic mass is 19.1. The summed E-state index contributed by atoms with van der Waals surface area (Å²) >= 11 is 0. The summed E-state index contributed by atoms with van der Waals surface area (Å²) in [6, 6.07) is 3.88. The first kappa shape index (κ1) is 15.1. The van der Waals surface area contributed by atoms with Crippen molar-refractivity contribution in [3.05, 3.63) is 40.3 Å². The van der Waals surface area contributed by atoms with Crippen LogP contribution >= 0.6 is 0 Å². The molecule has 0 bridgehead atoms. The quantitative estimate of drug-likeness (QED) is 0.622. The van der Waals surface area contributed by atoms with Gasteiger partial charge in [-0.1, -0.05) is 0 Å². The number of nitro groups is 1. The summed E-state index contributed by atoms with van der Waals surface area (Å²) < 4.78 is 18.8. The van der Waals surface area contributed by atoms with Crippen LogP contribution in [0, 0.1) is 15.9 Å². The summed E-state index contributed by atoms with van der Waals surface area (Å²) in [5.74, 6) is -0.794. The molecule has 1 atom stereocenters. The lowest BCUT2D eigenvalue weighted by Crippen LogP contribution is -2.24. The molecule has 0 fully saturated rings. The van der Waals surface area contributed by atoms with Gasteiger partial charge in [0.2, 0.25) is 0 Å². The Morgan fingerprint density at radius 2 is 2.38 bits per heavy atom. The predicted molar refractivity (Wildman–Crippen MR) is 74.7 cm³/mol. The van der Waals surface area contributed by atoms with Gasteiger partial charge in [0.1, 0.15) is 5.52 Å². The van der Waals surface area contributed by atoms with Crippen molar-refractivity contribution in [2.45, 2.75) is 6.10 Å². The highest BCUT2D eigenvalue weighted by Gasteiger charge is 2.20. The topological polar surface area (TPSA) is 97.5 Å². The largest absolute Gasteiger partial charge is 0.389 e. The van der Waals surface area contributed by atoms with E-state index >= 15 is 0 Å². The van der Waals surface area contributed by atoms with Crippen LogP contribution in [-0.2, 0) is 4.74 Å². The van der Waals surface area contributed by atoms with E-state index in [9.17, 15) is 19.6 Å². The molecule has 1 unspecified atom stereocenters. The fourth-order valence-corrected chi connectivity index (χ4v) is 1.98. The molecular formula is C13H14FN3O4. The third-order valence-corrected chi connectivity index (χ3v) is 2.89. The number of aromatic nitrogens is 1. The Labute approximate surface area is 119 Å². The van der Waals surface area contributed by atoms with Gasteiger partial charge in [0.05, 0.1) is 34.8 Å². The van der Waals surface area contributed by atoms with Gasteiger partial charge in [-0.15, -0.1) is 0 Å². The van der Waals surface area contributed by atoms with Gasteiger partial charge in [0.25, 0.3) is 5.69 Å². The molecule has 0 spiro atoms. The van der Waals surface area contributed by atoms with Crippen molar-refractivity contribution < 1.29 is 19.2 Å². The molecule has 21 heavy (non-hydrogen) atoms. The molecule has 1 aromatic carbocycles. The molecular weight excluding hydrogens is 281 g/mol. The first-order chi connectivity index (χ1) is 10.0. The third kappa shape index (κ3) is 3.23. The van der Waals surface area contributed by atoms with E-state index in [1.165, 1.54) is 25.4 Å². The number of halogens is 1. The van der Waals surface area contributed by atoms with E-state index in [0.29, 0.717) is 0 Å². The van der Waals surface area contributed by atoms with Crippen molar-refractivity contribution in [3.8, 4) is 0 Å². The number of ether oxygens (including phenoxy) is 1. The predicted octanol–water partition coefficient (Wildman–Crippen LogP) is 1.70. The van der Waals surface area contributed by atoms with Gasteiger partial charge in [-0.3, -0.25) is 15.1 Å². The number of fused-ring (bicyclic) bond motifs is 1. The zero-order valence-electron chi connectivity index (χ0n) is 11.2. The summed E-state index contributed by atoms with van der Waals surface area (Å²) in [6.45, 7) is 0.126. The van der Waals surface area contributed by atoms with Gasteiger partial charge in [0.15, 0.2) is 5.82 Å². The van der Waals surface area contributed by atoms with E-state index in [1.807, 2.05) is 0 Å². The minimum absolute atomic E-state index is 0.0198. The molecule has 0 radical (unpaired) electrons. The van der Waals surface area contributed by atoms with Crippen molar-refractivity contribution in [2.24, 2.45) is 0 Å². The first-order valence-corrected chi connectivity index (χ1v) is 6.17. The van der Waals surface area contributed by atoms with Gasteiger partial charge in [0, 0.05) is 19.9 Å². The summed E-state index contributed by atoms with van der Waals surface area (Å²) in [7, 11) is 1.44. The normalized spacial score (nSPS) is 12.3. The lowest BCUT2D eigenvalue weighted by atomic mass is 10.1. The molecule has 112 valence electrons. The van der Waals surface area contributed by atoms with Crippen LogP contribution < -0.4 is 5.32 Å². The van der Waals surface area contributed by atoms with Crippen molar-refractivity contribution in [1.29, 1.82) is 0 Å². The Hall–Kier alpha value is -2.32. The fourth-order valence-electron chi connectivity index (χ4n) is 1.98. The number of methoxy groups -OCH3 is 1. The number of rotatable bonds is 6. The lowest BCUT2D eigenvalue weighted by molar-refractivity contribution is -0.383. The Balaban J connectivity index is 2.42. The van der Waals surface area contributed by atoms with Gasteiger partial charge < -0.3 is 15.2 Å². The second-order valence-electron chi connectivity index (χ2n) is 4.40. The zero-order valence-corrected chi connectivity index (χ0v) is 11.2. The van der Waals surface area contributed by atoms with Crippen LogP contribution in [0.15, 0.2) is 24.4 Å². The van der Waals surface area contributed by atoms with E-state index in [2.05, 4.69) is 10.3 Å². The molecule has 0 saturated carbocycles. The maximum absolute atomic E-state index is 14.1. The maximum Gasteiger partial charge on any atom is 0.281 e. The molecule has 7 nitrogen and oxygen atoms in total. The Kier molecular flexibility index (Phi) is 4.61.